The summed E-state index contributed by atoms with van der Waals surface area (Å²) in [4.78, 5) is 24.2. The fourth-order valence-corrected chi connectivity index (χ4v) is 3.79. The van der Waals surface area contributed by atoms with Gasteiger partial charge in [-0.15, -0.1) is 0 Å². The maximum atomic E-state index is 13.0. The van der Waals surface area contributed by atoms with Crippen molar-refractivity contribution in [2.75, 3.05) is 0 Å². The minimum Gasteiger partial charge on any atom is -0.490 e. The molecule has 32 heavy (non-hydrogen) atoms. The van der Waals surface area contributed by atoms with Crippen LogP contribution in [0, 0.1) is 0 Å². The SMILES string of the molecule is O=C(/C=C/c1ccc(C=C(C(=O)NC2CC2)c2cccc(OC3CCCC3)c2)cc1)NO. The molecule has 0 bridgehead atoms. The Morgan fingerprint density at radius 2 is 1.69 bits per heavy atom. The number of rotatable bonds is 8. The van der Waals surface area contributed by atoms with Gasteiger partial charge < -0.3 is 10.1 Å². The zero-order valence-corrected chi connectivity index (χ0v) is 17.9. The number of hydroxylamine groups is 1. The summed E-state index contributed by atoms with van der Waals surface area (Å²) in [5, 5.41) is 11.7. The van der Waals surface area contributed by atoms with Gasteiger partial charge >= 0.3 is 0 Å². The third-order valence-electron chi connectivity index (χ3n) is 5.69. The van der Waals surface area contributed by atoms with E-state index in [-0.39, 0.29) is 18.1 Å². The summed E-state index contributed by atoms with van der Waals surface area (Å²) in [6.07, 6.45) is 11.6. The second kappa shape index (κ2) is 10.3. The van der Waals surface area contributed by atoms with Crippen LogP contribution in [0.15, 0.2) is 54.6 Å². The molecule has 6 heteroatoms. The second-order valence-corrected chi connectivity index (χ2v) is 8.33. The zero-order chi connectivity index (χ0) is 22.3. The molecule has 0 saturated heterocycles. The number of hydrogen-bond acceptors (Lipinski definition) is 4. The lowest BCUT2D eigenvalue weighted by Gasteiger charge is -2.15. The monoisotopic (exact) mass is 432 g/mol. The van der Waals surface area contributed by atoms with E-state index in [1.165, 1.54) is 18.9 Å². The first-order chi connectivity index (χ1) is 15.6. The Labute approximate surface area is 187 Å². The number of hydrogen-bond donors (Lipinski definition) is 3. The van der Waals surface area contributed by atoms with Crippen molar-refractivity contribution in [1.29, 1.82) is 0 Å². The van der Waals surface area contributed by atoms with Crippen molar-refractivity contribution < 1.29 is 19.5 Å². The minimum absolute atomic E-state index is 0.0888. The summed E-state index contributed by atoms with van der Waals surface area (Å²) in [7, 11) is 0. The van der Waals surface area contributed by atoms with Gasteiger partial charge in [-0.2, -0.15) is 0 Å². The highest BCUT2D eigenvalue weighted by atomic mass is 16.5. The number of ether oxygens (including phenoxy) is 1. The van der Waals surface area contributed by atoms with E-state index in [0.29, 0.717) is 5.57 Å². The molecule has 0 aromatic heterocycles. The largest absolute Gasteiger partial charge is 0.490 e. The molecule has 0 aliphatic heterocycles. The number of benzene rings is 2. The lowest BCUT2D eigenvalue weighted by molar-refractivity contribution is -0.124. The average molecular weight is 433 g/mol. The van der Waals surface area contributed by atoms with Gasteiger partial charge in [0.1, 0.15) is 5.75 Å². The topological polar surface area (TPSA) is 87.7 Å². The Morgan fingerprint density at radius 1 is 0.969 bits per heavy atom. The van der Waals surface area contributed by atoms with Gasteiger partial charge in [0.25, 0.3) is 11.8 Å². The van der Waals surface area contributed by atoms with Crippen LogP contribution in [0.3, 0.4) is 0 Å². The van der Waals surface area contributed by atoms with Gasteiger partial charge in [-0.1, -0.05) is 36.4 Å². The summed E-state index contributed by atoms with van der Waals surface area (Å²) in [6, 6.07) is 15.5. The maximum Gasteiger partial charge on any atom is 0.267 e. The van der Waals surface area contributed by atoms with Crippen LogP contribution < -0.4 is 15.5 Å². The van der Waals surface area contributed by atoms with Gasteiger partial charge in [0.15, 0.2) is 0 Å². The van der Waals surface area contributed by atoms with E-state index in [9.17, 15) is 9.59 Å². The predicted molar refractivity (Wildman–Crippen MR) is 124 cm³/mol. The van der Waals surface area contributed by atoms with E-state index in [1.54, 1.807) is 11.6 Å². The van der Waals surface area contributed by atoms with Crippen LogP contribution in [-0.4, -0.2) is 29.2 Å². The van der Waals surface area contributed by atoms with E-state index in [1.807, 2.05) is 54.6 Å². The Morgan fingerprint density at radius 3 is 2.38 bits per heavy atom. The van der Waals surface area contributed by atoms with Crippen LogP contribution in [0.2, 0.25) is 0 Å². The van der Waals surface area contributed by atoms with Crippen LogP contribution >= 0.6 is 0 Å². The van der Waals surface area contributed by atoms with Gasteiger partial charge in [-0.25, -0.2) is 5.48 Å². The molecule has 4 rings (SSSR count). The van der Waals surface area contributed by atoms with Crippen molar-refractivity contribution in [2.45, 2.75) is 50.7 Å². The van der Waals surface area contributed by atoms with Crippen LogP contribution in [0.4, 0.5) is 0 Å². The van der Waals surface area contributed by atoms with Crippen molar-refractivity contribution in [1.82, 2.24) is 10.8 Å². The van der Waals surface area contributed by atoms with Crippen LogP contribution in [0.25, 0.3) is 17.7 Å². The van der Waals surface area contributed by atoms with E-state index in [4.69, 9.17) is 9.94 Å². The van der Waals surface area contributed by atoms with Crippen molar-refractivity contribution in [3.63, 3.8) is 0 Å². The van der Waals surface area contributed by atoms with Gasteiger partial charge in [0.2, 0.25) is 0 Å². The maximum absolute atomic E-state index is 13.0. The highest BCUT2D eigenvalue weighted by Gasteiger charge is 2.25. The smallest absolute Gasteiger partial charge is 0.267 e. The first kappa shape index (κ1) is 21.8. The van der Waals surface area contributed by atoms with Crippen LogP contribution in [-0.2, 0) is 9.59 Å². The summed E-state index contributed by atoms with van der Waals surface area (Å²) in [5.74, 6) is 0.115. The minimum atomic E-state index is -0.590. The Hall–Kier alpha value is -3.38. The molecule has 2 saturated carbocycles. The normalized spacial score (nSPS) is 16.8. The number of carbonyl (C=O) groups excluding carboxylic acids is 2. The molecule has 0 spiro atoms. The Balaban J connectivity index is 1.57. The van der Waals surface area contributed by atoms with E-state index in [0.717, 1.165) is 48.1 Å². The average Bonchev–Trinajstić information content (AvgIpc) is 3.48. The molecule has 2 aromatic rings. The molecule has 2 aliphatic rings. The highest BCUT2D eigenvalue weighted by Crippen LogP contribution is 2.28. The Bertz CT molecular complexity index is 1020. The van der Waals surface area contributed by atoms with E-state index >= 15 is 0 Å². The van der Waals surface area contributed by atoms with Gasteiger partial charge in [-0.05, 0) is 79.5 Å². The summed E-state index contributed by atoms with van der Waals surface area (Å²) in [5.41, 5.74) is 4.66. The molecule has 3 N–H and O–H groups in total. The molecule has 2 amide bonds. The van der Waals surface area contributed by atoms with Crippen molar-refractivity contribution in [2.24, 2.45) is 0 Å². The zero-order valence-electron chi connectivity index (χ0n) is 17.9. The predicted octanol–water partition coefficient (Wildman–Crippen LogP) is 4.35. The third kappa shape index (κ3) is 6.08. The Kier molecular flexibility index (Phi) is 7.02. The van der Waals surface area contributed by atoms with Gasteiger partial charge in [-0.3, -0.25) is 14.8 Å². The summed E-state index contributed by atoms with van der Waals surface area (Å²) in [6.45, 7) is 0. The van der Waals surface area contributed by atoms with E-state index < -0.39 is 5.91 Å². The molecule has 2 fully saturated rings. The van der Waals surface area contributed by atoms with Crippen LogP contribution in [0.1, 0.15) is 55.2 Å². The molecular weight excluding hydrogens is 404 g/mol. The second-order valence-electron chi connectivity index (χ2n) is 8.33. The highest BCUT2D eigenvalue weighted by molar-refractivity contribution is 6.24. The molecule has 6 nitrogen and oxygen atoms in total. The lowest BCUT2D eigenvalue weighted by Crippen LogP contribution is -2.26. The van der Waals surface area contributed by atoms with Crippen molar-refractivity contribution >= 4 is 29.5 Å². The first-order valence-electron chi connectivity index (χ1n) is 11.1. The number of carbonyl (C=O) groups is 2. The standard InChI is InChI=1S/C26H28N2O4/c29-25(28-31)15-12-18-8-10-19(11-9-18)16-24(26(30)27-21-13-14-21)20-4-3-7-23(17-20)32-22-5-1-2-6-22/h3-4,7-12,15-17,21-22,31H,1-2,5-6,13-14H2,(H,27,30)(H,28,29)/b15-12+,24-16?. The van der Waals surface area contributed by atoms with Crippen molar-refractivity contribution in [3.8, 4) is 5.75 Å². The summed E-state index contributed by atoms with van der Waals surface area (Å²) >= 11 is 0. The van der Waals surface area contributed by atoms with E-state index in [2.05, 4.69) is 5.32 Å². The quantitative estimate of drug-likeness (QED) is 0.251. The molecule has 0 unspecified atom stereocenters. The van der Waals surface area contributed by atoms with Gasteiger partial charge in [0.05, 0.1) is 6.10 Å². The molecule has 166 valence electrons. The molecule has 0 radical (unpaired) electrons. The van der Waals surface area contributed by atoms with Crippen LogP contribution in [0.5, 0.6) is 5.75 Å². The molecule has 0 heterocycles. The fraction of sp³-hybridized carbons (Fsp3) is 0.308. The lowest BCUT2D eigenvalue weighted by atomic mass is 10.0. The number of amides is 2. The fourth-order valence-electron chi connectivity index (χ4n) is 3.79. The molecule has 2 aromatic carbocycles. The summed E-state index contributed by atoms with van der Waals surface area (Å²) < 4.78 is 6.14. The van der Waals surface area contributed by atoms with Crippen molar-refractivity contribution in [3.05, 3.63) is 71.3 Å². The number of nitrogens with one attached hydrogen (secondary N) is 2. The molecule has 2 aliphatic carbocycles. The molecular formula is C26H28N2O4. The third-order valence-corrected chi connectivity index (χ3v) is 5.69. The first-order valence-corrected chi connectivity index (χ1v) is 11.1. The van der Waals surface area contributed by atoms with Gasteiger partial charge in [0, 0.05) is 17.7 Å². The molecule has 0 atom stereocenters.